The summed E-state index contributed by atoms with van der Waals surface area (Å²) in [7, 11) is 0. The van der Waals surface area contributed by atoms with Crippen molar-refractivity contribution in [1.82, 2.24) is 9.78 Å². The Balaban J connectivity index is 2.01. The largest absolute Gasteiger partial charge is 0.477 e. The summed E-state index contributed by atoms with van der Waals surface area (Å²) in [6, 6.07) is 10.3. The molecule has 0 aliphatic carbocycles. The average molecular weight is 302 g/mol. The summed E-state index contributed by atoms with van der Waals surface area (Å²) in [5.74, 6) is 0.726. The summed E-state index contributed by atoms with van der Waals surface area (Å²) >= 11 is 0. The summed E-state index contributed by atoms with van der Waals surface area (Å²) in [6.45, 7) is 5.35. The van der Waals surface area contributed by atoms with Crippen molar-refractivity contribution < 1.29 is 9.84 Å². The zero-order valence-electron chi connectivity index (χ0n) is 13.5. The van der Waals surface area contributed by atoms with E-state index in [1.165, 1.54) is 5.56 Å². The van der Waals surface area contributed by atoms with Crippen molar-refractivity contribution in [3.05, 3.63) is 47.7 Å². The van der Waals surface area contributed by atoms with Gasteiger partial charge in [0.05, 0.1) is 19.3 Å². The smallest absolute Gasteiger partial charge is 0.235 e. The van der Waals surface area contributed by atoms with Gasteiger partial charge in [-0.25, -0.2) is 0 Å². The molecule has 4 heteroatoms. The molecule has 1 unspecified atom stereocenters. The minimum Gasteiger partial charge on any atom is -0.477 e. The Bertz CT molecular complexity index is 551. The van der Waals surface area contributed by atoms with Crippen LogP contribution < -0.4 is 4.74 Å². The van der Waals surface area contributed by atoms with Gasteiger partial charge in [0, 0.05) is 11.8 Å². The molecule has 0 aliphatic heterocycles. The van der Waals surface area contributed by atoms with Crippen LogP contribution in [-0.2, 0) is 13.0 Å². The molecule has 0 aliphatic rings. The first kappa shape index (κ1) is 16.6. The van der Waals surface area contributed by atoms with Crippen LogP contribution in [0.1, 0.15) is 44.2 Å². The van der Waals surface area contributed by atoms with Crippen LogP contribution >= 0.6 is 0 Å². The number of benzene rings is 1. The molecule has 1 N–H and O–H groups in total. The fourth-order valence-electron chi connectivity index (χ4n) is 2.46. The van der Waals surface area contributed by atoms with Crippen LogP contribution in [0.2, 0.25) is 0 Å². The van der Waals surface area contributed by atoms with Crippen molar-refractivity contribution in [1.29, 1.82) is 0 Å². The van der Waals surface area contributed by atoms with Crippen LogP contribution in [-0.4, -0.2) is 27.6 Å². The van der Waals surface area contributed by atoms with Gasteiger partial charge in [0.2, 0.25) is 5.88 Å². The fraction of sp³-hybridized carbons (Fsp3) is 0.500. The fourth-order valence-corrected chi connectivity index (χ4v) is 2.46. The second-order valence-corrected chi connectivity index (χ2v) is 5.53. The normalized spacial score (nSPS) is 12.3. The number of hydrogen-bond acceptors (Lipinski definition) is 3. The first-order valence-electron chi connectivity index (χ1n) is 8.14. The highest BCUT2D eigenvalue weighted by atomic mass is 16.5. The third-order valence-electron chi connectivity index (χ3n) is 3.72. The molecule has 2 aromatic rings. The van der Waals surface area contributed by atoms with Crippen molar-refractivity contribution in [3.63, 3.8) is 0 Å². The maximum atomic E-state index is 9.66. The number of aryl methyl sites for hydroxylation is 1. The predicted octanol–water partition coefficient (Wildman–Crippen LogP) is 3.42. The minimum absolute atomic E-state index is 0.199. The molecule has 22 heavy (non-hydrogen) atoms. The van der Waals surface area contributed by atoms with Gasteiger partial charge >= 0.3 is 0 Å². The minimum atomic E-state index is -0.199. The van der Waals surface area contributed by atoms with Crippen LogP contribution in [0, 0.1) is 0 Å². The van der Waals surface area contributed by atoms with E-state index in [2.05, 4.69) is 23.4 Å². The first-order valence-corrected chi connectivity index (χ1v) is 8.14. The molecule has 4 nitrogen and oxygen atoms in total. The molecule has 1 atom stereocenters. The number of hydrogen-bond donors (Lipinski definition) is 1. The lowest BCUT2D eigenvalue weighted by atomic mass is 10.1. The Morgan fingerprint density at radius 1 is 1.23 bits per heavy atom. The van der Waals surface area contributed by atoms with Gasteiger partial charge in [-0.2, -0.15) is 0 Å². The summed E-state index contributed by atoms with van der Waals surface area (Å²) < 4.78 is 7.58. The van der Waals surface area contributed by atoms with Crippen molar-refractivity contribution in [2.45, 2.75) is 52.2 Å². The lowest BCUT2D eigenvalue weighted by molar-refractivity contribution is 0.157. The van der Waals surface area contributed by atoms with E-state index in [1.807, 2.05) is 36.7 Å². The third-order valence-corrected chi connectivity index (χ3v) is 3.72. The quantitative estimate of drug-likeness (QED) is 0.772. The zero-order chi connectivity index (χ0) is 15.8. The van der Waals surface area contributed by atoms with Gasteiger partial charge in [-0.3, -0.25) is 4.68 Å². The highest BCUT2D eigenvalue weighted by Gasteiger charge is 2.11. The Labute approximate surface area is 132 Å². The molecular weight excluding hydrogens is 276 g/mol. The van der Waals surface area contributed by atoms with Crippen molar-refractivity contribution in [2.75, 3.05) is 6.61 Å². The van der Waals surface area contributed by atoms with Gasteiger partial charge in [-0.1, -0.05) is 37.3 Å². The van der Waals surface area contributed by atoms with Crippen molar-refractivity contribution >= 4 is 0 Å². The number of nitrogens with zero attached hydrogens (tertiary/aromatic N) is 2. The Hall–Kier alpha value is -1.81. The zero-order valence-corrected chi connectivity index (χ0v) is 13.5. The Morgan fingerprint density at radius 2 is 2.00 bits per heavy atom. The summed E-state index contributed by atoms with van der Waals surface area (Å²) in [5, 5.41) is 14.2. The molecule has 0 saturated heterocycles. The van der Waals surface area contributed by atoms with Gasteiger partial charge in [0.15, 0.2) is 0 Å². The van der Waals surface area contributed by atoms with E-state index in [1.54, 1.807) is 0 Å². The van der Waals surface area contributed by atoms with Gasteiger partial charge in [0.25, 0.3) is 0 Å². The van der Waals surface area contributed by atoms with E-state index in [0.29, 0.717) is 6.61 Å². The second kappa shape index (κ2) is 8.59. The lowest BCUT2D eigenvalue weighted by Crippen LogP contribution is -2.04. The number of ether oxygens (including phenoxy) is 1. The summed E-state index contributed by atoms with van der Waals surface area (Å²) in [4.78, 5) is 0. The molecule has 1 heterocycles. The highest BCUT2D eigenvalue weighted by Crippen LogP contribution is 2.20. The molecule has 0 bridgehead atoms. The standard InChI is InChI=1S/C18H26N2O2/c1-3-17(21)12-8-11-16-14-20(19-18(16)22-4-2)13-15-9-6-5-7-10-15/h5-7,9-10,14,17,21H,3-4,8,11-13H2,1-2H3. The highest BCUT2D eigenvalue weighted by molar-refractivity contribution is 5.24. The van der Waals surface area contributed by atoms with Crippen LogP contribution in [0.15, 0.2) is 36.5 Å². The molecule has 0 saturated carbocycles. The van der Waals surface area contributed by atoms with Gasteiger partial charge in [-0.05, 0) is 38.2 Å². The summed E-state index contributed by atoms with van der Waals surface area (Å²) in [6.07, 6.45) is 5.34. The first-order chi connectivity index (χ1) is 10.7. The predicted molar refractivity (Wildman–Crippen MR) is 88.2 cm³/mol. The molecular formula is C18H26N2O2. The topological polar surface area (TPSA) is 47.3 Å². The average Bonchev–Trinajstić information content (AvgIpc) is 2.90. The van der Waals surface area contributed by atoms with Crippen molar-refractivity contribution in [2.24, 2.45) is 0 Å². The van der Waals surface area contributed by atoms with Crippen LogP contribution in [0.5, 0.6) is 5.88 Å². The molecule has 0 amide bonds. The van der Waals surface area contributed by atoms with Gasteiger partial charge in [-0.15, -0.1) is 5.10 Å². The number of aliphatic hydroxyl groups is 1. The van der Waals surface area contributed by atoms with E-state index in [9.17, 15) is 5.11 Å². The molecule has 2 rings (SSSR count). The van der Waals surface area contributed by atoms with Gasteiger partial charge < -0.3 is 9.84 Å². The molecule has 0 radical (unpaired) electrons. The van der Waals surface area contributed by atoms with Crippen LogP contribution in [0.25, 0.3) is 0 Å². The van der Waals surface area contributed by atoms with E-state index in [4.69, 9.17) is 4.74 Å². The Kier molecular flexibility index (Phi) is 6.46. The maximum absolute atomic E-state index is 9.66. The third kappa shape index (κ3) is 4.88. The molecule has 1 aromatic heterocycles. The van der Waals surface area contributed by atoms with Crippen LogP contribution in [0.3, 0.4) is 0 Å². The molecule has 120 valence electrons. The summed E-state index contributed by atoms with van der Waals surface area (Å²) in [5.41, 5.74) is 2.35. The SMILES string of the molecule is CCOc1nn(Cc2ccccc2)cc1CCCC(O)CC. The van der Waals surface area contributed by atoms with E-state index < -0.39 is 0 Å². The van der Waals surface area contributed by atoms with Gasteiger partial charge in [0.1, 0.15) is 0 Å². The van der Waals surface area contributed by atoms with E-state index in [0.717, 1.165) is 43.7 Å². The second-order valence-electron chi connectivity index (χ2n) is 5.53. The lowest BCUT2D eigenvalue weighted by Gasteiger charge is -2.06. The van der Waals surface area contributed by atoms with E-state index in [-0.39, 0.29) is 6.10 Å². The van der Waals surface area contributed by atoms with Crippen molar-refractivity contribution in [3.8, 4) is 5.88 Å². The monoisotopic (exact) mass is 302 g/mol. The van der Waals surface area contributed by atoms with Crippen LogP contribution in [0.4, 0.5) is 0 Å². The molecule has 0 fully saturated rings. The van der Waals surface area contributed by atoms with E-state index >= 15 is 0 Å². The number of aliphatic hydroxyl groups excluding tert-OH is 1. The number of rotatable bonds is 9. The maximum Gasteiger partial charge on any atom is 0.235 e. The number of aromatic nitrogens is 2. The molecule has 1 aromatic carbocycles. The molecule has 0 spiro atoms. The Morgan fingerprint density at radius 3 is 2.68 bits per heavy atom.